The third kappa shape index (κ3) is 892. The molecular formula is C19H58N6O10. The third-order valence-electron chi connectivity index (χ3n) is 0.978. The topological polar surface area (TPSA) is 307 Å². The predicted molar refractivity (Wildman–Crippen MR) is 141 cm³/mol. The van der Waals surface area contributed by atoms with Crippen LogP contribution in [0.15, 0.2) is 0 Å². The zero-order chi connectivity index (χ0) is 26.7. The smallest absolute Gasteiger partial charge is 0.300 e. The van der Waals surface area contributed by atoms with Gasteiger partial charge in [-0.05, 0) is 0 Å². The molecule has 0 saturated heterocycles. The zero-order valence-electron chi connectivity index (χ0n) is 18.8. The summed E-state index contributed by atoms with van der Waals surface area (Å²) in [7, 11) is 1.63. The van der Waals surface area contributed by atoms with Crippen molar-refractivity contribution in [3.8, 4) is 0 Å². The second-order valence-corrected chi connectivity index (χ2v) is 4.02. The van der Waals surface area contributed by atoms with Gasteiger partial charge in [-0.15, -0.1) is 0 Å². The van der Waals surface area contributed by atoms with Crippen molar-refractivity contribution < 1.29 is 49.4 Å². The average molecular weight is 531 g/mol. The van der Waals surface area contributed by atoms with Gasteiger partial charge in [-0.3, -0.25) is 19.2 Å². The lowest BCUT2D eigenvalue weighted by molar-refractivity contribution is -0.135. The van der Waals surface area contributed by atoms with Crippen LogP contribution in [-0.2, 0) is 23.9 Å². The zero-order valence-corrected chi connectivity index (χ0v) is 18.8. The SMILES string of the molecule is C.C.C.C.CC(=O)NCO.CC(=O)NCO.CC(=O)O.CC(=O)O.COCCN.NCN.NCO. The summed E-state index contributed by atoms with van der Waals surface area (Å²) in [6.07, 6.45) is 0. The monoisotopic (exact) mass is 530 g/mol. The molecule has 0 bridgehead atoms. The molecule has 0 aromatic heterocycles. The first-order valence-electron chi connectivity index (χ1n) is 8.25. The highest BCUT2D eigenvalue weighted by Crippen LogP contribution is 1.53. The third-order valence-corrected chi connectivity index (χ3v) is 0.978. The molecule has 35 heavy (non-hydrogen) atoms. The average Bonchev–Trinajstić information content (AvgIpc) is 2.57. The number of rotatable bonds is 4. The Kier molecular flexibility index (Phi) is 171. The Morgan fingerprint density at radius 1 is 0.686 bits per heavy atom. The van der Waals surface area contributed by atoms with Crippen LogP contribution in [0.4, 0.5) is 0 Å². The summed E-state index contributed by atoms with van der Waals surface area (Å²) in [6, 6.07) is 0. The van der Waals surface area contributed by atoms with E-state index in [4.69, 9.17) is 40.9 Å². The number of nitrogens with one attached hydrogen (secondary N) is 2. The first kappa shape index (κ1) is 69.8. The minimum atomic E-state index is -0.833. The summed E-state index contributed by atoms with van der Waals surface area (Å²) in [6.45, 7) is 5.60. The number of amides is 2. The molecule has 0 atom stereocenters. The summed E-state index contributed by atoms with van der Waals surface area (Å²) in [5.41, 5.74) is 18.7. The van der Waals surface area contributed by atoms with Crippen molar-refractivity contribution in [2.75, 3.05) is 47.1 Å². The van der Waals surface area contributed by atoms with E-state index in [9.17, 15) is 9.59 Å². The Labute approximate surface area is 212 Å². The first-order valence-corrected chi connectivity index (χ1v) is 8.25. The molecule has 15 N–H and O–H groups in total. The van der Waals surface area contributed by atoms with Gasteiger partial charge in [0.1, 0.15) is 13.5 Å². The molecule has 0 aliphatic carbocycles. The lowest BCUT2D eigenvalue weighted by Crippen LogP contribution is -2.19. The molecule has 16 nitrogen and oxygen atoms in total. The molecular weight excluding hydrogens is 472 g/mol. The predicted octanol–water partition coefficient (Wildman–Crippen LogP) is -1.78. The van der Waals surface area contributed by atoms with Gasteiger partial charge in [-0.1, -0.05) is 29.7 Å². The highest BCUT2D eigenvalue weighted by atomic mass is 16.5. The van der Waals surface area contributed by atoms with Gasteiger partial charge in [-0.2, -0.15) is 0 Å². The molecule has 2 amide bonds. The van der Waals surface area contributed by atoms with E-state index in [-0.39, 0.29) is 68.4 Å². The lowest BCUT2D eigenvalue weighted by Gasteiger charge is -1.88. The van der Waals surface area contributed by atoms with Gasteiger partial charge < -0.3 is 63.8 Å². The standard InChI is InChI=1S/2C3H7NO2.C3H9NO.2C2H4O2.CH6N2.CH5NO.4CH4/c2*1-3(6)4-2-5;1-5-3-2-4;2*1-2(3)4;2*2-1-3;;;;/h2*5H,2H2,1H3,(H,4,6);2-4H2,1H3;2*1H3,(H,3,4);1-3H2;3H,1-2H2;4*1H4. The quantitative estimate of drug-likeness (QED) is 0.179. The Balaban J connectivity index is -0.0000000212. The number of aliphatic hydroxyl groups is 3. The number of carbonyl (C=O) groups excluding carboxylic acids is 2. The minimum absolute atomic E-state index is 0. The van der Waals surface area contributed by atoms with Gasteiger partial charge in [0.05, 0.1) is 13.3 Å². The normalized spacial score (nSPS) is 6.29. The van der Waals surface area contributed by atoms with Crippen LogP contribution in [0.5, 0.6) is 0 Å². The first-order chi connectivity index (χ1) is 14.2. The molecule has 16 heteroatoms. The minimum Gasteiger partial charge on any atom is -0.481 e. The van der Waals surface area contributed by atoms with Gasteiger partial charge >= 0.3 is 0 Å². The van der Waals surface area contributed by atoms with Gasteiger partial charge in [0.15, 0.2) is 0 Å². The van der Waals surface area contributed by atoms with Gasteiger partial charge in [0.2, 0.25) is 11.8 Å². The van der Waals surface area contributed by atoms with Crippen molar-refractivity contribution in [2.45, 2.75) is 57.4 Å². The summed E-state index contributed by atoms with van der Waals surface area (Å²) in [4.78, 5) is 37.5. The molecule has 0 radical (unpaired) electrons. The second-order valence-electron chi connectivity index (χ2n) is 4.02. The molecule has 0 aromatic carbocycles. The van der Waals surface area contributed by atoms with E-state index in [1.54, 1.807) is 7.11 Å². The number of carbonyl (C=O) groups is 4. The van der Waals surface area contributed by atoms with Crippen LogP contribution in [0.3, 0.4) is 0 Å². The molecule has 0 rings (SSSR count). The maximum Gasteiger partial charge on any atom is 0.300 e. The summed E-state index contributed by atoms with van der Waals surface area (Å²) >= 11 is 0. The Morgan fingerprint density at radius 2 is 0.857 bits per heavy atom. The van der Waals surface area contributed by atoms with Crippen LogP contribution >= 0.6 is 0 Å². The highest BCUT2D eigenvalue weighted by Gasteiger charge is 1.80. The van der Waals surface area contributed by atoms with E-state index in [2.05, 4.69) is 32.6 Å². The number of aliphatic hydroxyl groups excluding tert-OH is 3. The van der Waals surface area contributed by atoms with E-state index < -0.39 is 11.9 Å². The maximum atomic E-state index is 9.77. The van der Waals surface area contributed by atoms with Crippen molar-refractivity contribution >= 4 is 23.8 Å². The van der Waals surface area contributed by atoms with E-state index in [1.807, 2.05) is 0 Å². The van der Waals surface area contributed by atoms with Crippen molar-refractivity contribution in [2.24, 2.45) is 22.9 Å². The number of carboxylic acid groups (broad SMARTS) is 2. The molecule has 224 valence electrons. The number of methoxy groups -OCH3 is 1. The van der Waals surface area contributed by atoms with Gasteiger partial charge in [-0.25, -0.2) is 0 Å². The second kappa shape index (κ2) is 85.6. The number of nitrogens with two attached hydrogens (primary N) is 4. The Morgan fingerprint density at radius 3 is 0.857 bits per heavy atom. The molecule has 0 unspecified atom stereocenters. The number of carboxylic acids is 2. The fourth-order valence-electron chi connectivity index (χ4n) is 0.341. The van der Waals surface area contributed by atoms with Gasteiger partial charge in [0.25, 0.3) is 11.9 Å². The molecule has 0 spiro atoms. The summed E-state index contributed by atoms with van der Waals surface area (Å²) in [5.74, 6) is -2.09. The van der Waals surface area contributed by atoms with E-state index >= 15 is 0 Å². The van der Waals surface area contributed by atoms with E-state index in [1.165, 1.54) is 13.8 Å². The van der Waals surface area contributed by atoms with Crippen LogP contribution in [0.2, 0.25) is 0 Å². The Hall–Kier alpha value is -2.44. The molecule has 0 aliphatic heterocycles. The van der Waals surface area contributed by atoms with E-state index in [0.717, 1.165) is 13.8 Å². The van der Waals surface area contributed by atoms with Crippen LogP contribution in [0.25, 0.3) is 0 Å². The fourth-order valence-corrected chi connectivity index (χ4v) is 0.341. The number of hydrogen-bond acceptors (Lipinski definition) is 12. The van der Waals surface area contributed by atoms with Crippen molar-refractivity contribution in [3.05, 3.63) is 0 Å². The number of ether oxygens (including phenoxy) is 1. The van der Waals surface area contributed by atoms with Gasteiger partial charge in [0, 0.05) is 48.0 Å². The van der Waals surface area contributed by atoms with Crippen LogP contribution < -0.4 is 33.6 Å². The van der Waals surface area contributed by atoms with Crippen molar-refractivity contribution in [3.63, 3.8) is 0 Å². The van der Waals surface area contributed by atoms with Crippen LogP contribution in [0, 0.1) is 0 Å². The van der Waals surface area contributed by atoms with Crippen LogP contribution in [0.1, 0.15) is 57.4 Å². The Bertz CT molecular complexity index is 327. The van der Waals surface area contributed by atoms with Crippen molar-refractivity contribution in [1.29, 1.82) is 0 Å². The lowest BCUT2D eigenvalue weighted by atomic mass is 10.7. The number of aliphatic carboxylic acids is 2. The molecule has 0 heterocycles. The molecule has 0 saturated carbocycles. The largest absolute Gasteiger partial charge is 0.481 e. The van der Waals surface area contributed by atoms with Crippen LogP contribution in [-0.4, -0.2) is 96.4 Å². The van der Waals surface area contributed by atoms with Crippen molar-refractivity contribution in [1.82, 2.24) is 10.6 Å². The molecule has 0 aromatic rings. The molecule has 0 aliphatic rings. The highest BCUT2D eigenvalue weighted by molar-refractivity contribution is 5.72. The number of hydrogen-bond donors (Lipinski definition) is 11. The van der Waals surface area contributed by atoms with E-state index in [0.29, 0.717) is 13.2 Å². The summed E-state index contributed by atoms with van der Waals surface area (Å²) in [5, 5.41) is 42.2. The fraction of sp³-hybridized carbons (Fsp3) is 0.789. The summed E-state index contributed by atoms with van der Waals surface area (Å²) < 4.78 is 4.57. The molecule has 0 fully saturated rings. The maximum absolute atomic E-state index is 9.77.